The van der Waals surface area contributed by atoms with Gasteiger partial charge in [-0.05, 0) is 19.1 Å². The van der Waals surface area contributed by atoms with Gasteiger partial charge in [0.1, 0.15) is 0 Å². The zero-order valence-corrected chi connectivity index (χ0v) is 6.41. The highest BCUT2D eigenvalue weighted by Gasteiger charge is 1.84. The summed E-state index contributed by atoms with van der Waals surface area (Å²) in [6.07, 6.45) is 8.00. The average molecular weight is 143 g/mol. The quantitative estimate of drug-likeness (QED) is 0.510. The van der Waals surface area contributed by atoms with Crippen LogP contribution in [0.2, 0.25) is 0 Å². The van der Waals surface area contributed by atoms with E-state index in [2.05, 4.69) is 18.9 Å². The zero-order chi connectivity index (χ0) is 8.69. The molecule has 0 unspecified atom stereocenters. The Morgan fingerprint density at radius 3 is 2.00 bits per heavy atom. The van der Waals surface area contributed by atoms with Crippen molar-refractivity contribution in [3.05, 3.63) is 35.4 Å². The molecule has 0 bridgehead atoms. The van der Waals surface area contributed by atoms with Crippen LogP contribution in [0.15, 0.2) is 24.3 Å². The van der Waals surface area contributed by atoms with Gasteiger partial charge in [-0.3, -0.25) is 0 Å². The molecule has 0 aliphatic rings. The summed E-state index contributed by atoms with van der Waals surface area (Å²) in [4.78, 5) is 0. The smallest absolute Gasteiger partial charge is 0.0991 e. The standard InChI is InChI=1S/C8H7N.C2H2/c1-7-2-4-8(6-9)5-3-7;1-2/h2-5H,1H3;1-2H. The zero-order valence-electron chi connectivity index (χ0n) is 6.41. The summed E-state index contributed by atoms with van der Waals surface area (Å²) in [5.74, 6) is 0. The summed E-state index contributed by atoms with van der Waals surface area (Å²) < 4.78 is 0. The molecule has 1 aromatic rings. The minimum atomic E-state index is 0.723. The maximum absolute atomic E-state index is 8.38. The summed E-state index contributed by atoms with van der Waals surface area (Å²) in [5.41, 5.74) is 1.91. The van der Waals surface area contributed by atoms with Crippen molar-refractivity contribution in [3.8, 4) is 18.9 Å². The molecule has 0 radical (unpaired) electrons. The lowest BCUT2D eigenvalue weighted by atomic mass is 10.2. The second kappa shape index (κ2) is 5.09. The SMILES string of the molecule is C#C.Cc1ccc(C#N)cc1. The number of nitrogens with zero attached hydrogens (tertiary/aromatic N) is 1. The van der Waals surface area contributed by atoms with Crippen molar-refractivity contribution in [3.63, 3.8) is 0 Å². The molecule has 1 heteroatoms. The first-order valence-corrected chi connectivity index (χ1v) is 3.13. The van der Waals surface area contributed by atoms with Crippen LogP contribution in [-0.2, 0) is 0 Å². The van der Waals surface area contributed by atoms with E-state index in [0.29, 0.717) is 0 Å². The van der Waals surface area contributed by atoms with Crippen LogP contribution in [-0.4, -0.2) is 0 Å². The molecule has 0 amide bonds. The number of benzene rings is 1. The fourth-order valence-corrected chi connectivity index (χ4v) is 0.628. The number of hydrogen-bond acceptors (Lipinski definition) is 1. The van der Waals surface area contributed by atoms with Crippen molar-refractivity contribution in [1.82, 2.24) is 0 Å². The van der Waals surface area contributed by atoms with Gasteiger partial charge in [0.05, 0.1) is 11.6 Å². The third-order valence-corrected chi connectivity index (χ3v) is 1.18. The van der Waals surface area contributed by atoms with Crippen molar-refractivity contribution in [2.45, 2.75) is 6.92 Å². The molecule has 0 atom stereocenters. The molecule has 1 nitrogen and oxygen atoms in total. The van der Waals surface area contributed by atoms with Crippen molar-refractivity contribution >= 4 is 0 Å². The van der Waals surface area contributed by atoms with Crippen LogP contribution in [0.1, 0.15) is 11.1 Å². The van der Waals surface area contributed by atoms with Gasteiger partial charge < -0.3 is 0 Å². The molecule has 0 heterocycles. The van der Waals surface area contributed by atoms with Gasteiger partial charge in [-0.2, -0.15) is 5.26 Å². The van der Waals surface area contributed by atoms with E-state index in [1.807, 2.05) is 31.2 Å². The molecule has 0 spiro atoms. The van der Waals surface area contributed by atoms with Gasteiger partial charge in [0.2, 0.25) is 0 Å². The highest BCUT2D eigenvalue weighted by molar-refractivity contribution is 5.30. The average Bonchev–Trinajstić information content (AvgIpc) is 2.10. The molecule has 1 aromatic carbocycles. The molecule has 1 rings (SSSR count). The largest absolute Gasteiger partial charge is 0.192 e. The maximum Gasteiger partial charge on any atom is 0.0991 e. The van der Waals surface area contributed by atoms with E-state index >= 15 is 0 Å². The van der Waals surface area contributed by atoms with E-state index in [4.69, 9.17) is 5.26 Å². The molecule has 0 aliphatic heterocycles. The van der Waals surface area contributed by atoms with Crippen LogP contribution in [0.25, 0.3) is 0 Å². The Bertz CT molecular complexity index is 261. The number of rotatable bonds is 0. The van der Waals surface area contributed by atoms with E-state index in [1.54, 1.807) is 0 Å². The van der Waals surface area contributed by atoms with E-state index < -0.39 is 0 Å². The van der Waals surface area contributed by atoms with Crippen LogP contribution in [0.3, 0.4) is 0 Å². The molecular weight excluding hydrogens is 134 g/mol. The molecule has 11 heavy (non-hydrogen) atoms. The van der Waals surface area contributed by atoms with E-state index in [9.17, 15) is 0 Å². The van der Waals surface area contributed by atoms with Gasteiger partial charge in [-0.15, -0.1) is 12.8 Å². The Balaban J connectivity index is 0.000000461. The van der Waals surface area contributed by atoms with Crippen LogP contribution in [0, 0.1) is 31.1 Å². The van der Waals surface area contributed by atoms with Gasteiger partial charge in [0, 0.05) is 0 Å². The molecule has 0 saturated carbocycles. The topological polar surface area (TPSA) is 23.8 Å². The van der Waals surface area contributed by atoms with Gasteiger partial charge in [0.15, 0.2) is 0 Å². The molecule has 0 saturated heterocycles. The highest BCUT2D eigenvalue weighted by atomic mass is 14.2. The third kappa shape index (κ3) is 3.08. The van der Waals surface area contributed by atoms with Crippen molar-refractivity contribution in [2.24, 2.45) is 0 Å². The van der Waals surface area contributed by atoms with E-state index in [1.165, 1.54) is 5.56 Å². The Labute approximate surface area is 67.3 Å². The second-order valence-electron chi connectivity index (χ2n) is 1.98. The first kappa shape index (κ1) is 9.27. The first-order chi connectivity index (χ1) is 5.33. The van der Waals surface area contributed by atoms with E-state index in [0.717, 1.165) is 5.56 Å². The Morgan fingerprint density at radius 2 is 1.64 bits per heavy atom. The van der Waals surface area contributed by atoms with Crippen LogP contribution in [0.5, 0.6) is 0 Å². The normalized spacial score (nSPS) is 7.09. The molecule has 0 N–H and O–H groups in total. The molecule has 54 valence electrons. The van der Waals surface area contributed by atoms with Crippen LogP contribution >= 0.6 is 0 Å². The van der Waals surface area contributed by atoms with Crippen molar-refractivity contribution < 1.29 is 0 Å². The van der Waals surface area contributed by atoms with Gasteiger partial charge in [-0.1, -0.05) is 17.7 Å². The fourth-order valence-electron chi connectivity index (χ4n) is 0.628. The Kier molecular flexibility index (Phi) is 4.29. The summed E-state index contributed by atoms with van der Waals surface area (Å²) in [7, 11) is 0. The van der Waals surface area contributed by atoms with Gasteiger partial charge >= 0.3 is 0 Å². The predicted octanol–water partition coefficient (Wildman–Crippen LogP) is 2.12. The number of terminal acetylenes is 1. The summed E-state index contributed by atoms with van der Waals surface area (Å²) in [6, 6.07) is 9.54. The lowest BCUT2D eigenvalue weighted by Crippen LogP contribution is -1.72. The third-order valence-electron chi connectivity index (χ3n) is 1.18. The molecule has 0 aromatic heterocycles. The van der Waals surface area contributed by atoms with Gasteiger partial charge in [-0.25, -0.2) is 0 Å². The minimum Gasteiger partial charge on any atom is -0.192 e. The Morgan fingerprint density at radius 1 is 1.18 bits per heavy atom. The lowest BCUT2D eigenvalue weighted by molar-refractivity contribution is 1.43. The molecular formula is C10H9N. The lowest BCUT2D eigenvalue weighted by Gasteiger charge is -1.88. The number of hydrogen-bond donors (Lipinski definition) is 0. The van der Waals surface area contributed by atoms with Crippen molar-refractivity contribution in [2.75, 3.05) is 0 Å². The van der Waals surface area contributed by atoms with Crippen molar-refractivity contribution in [1.29, 1.82) is 5.26 Å². The van der Waals surface area contributed by atoms with Gasteiger partial charge in [0.25, 0.3) is 0 Å². The summed E-state index contributed by atoms with van der Waals surface area (Å²) in [6.45, 7) is 2.00. The molecule has 0 aliphatic carbocycles. The number of aryl methyl sites for hydroxylation is 1. The minimum absolute atomic E-state index is 0.723. The number of nitriles is 1. The Hall–Kier alpha value is -1.73. The first-order valence-electron chi connectivity index (χ1n) is 3.13. The second-order valence-corrected chi connectivity index (χ2v) is 1.98. The maximum atomic E-state index is 8.38. The fraction of sp³-hybridized carbons (Fsp3) is 0.100. The summed E-state index contributed by atoms with van der Waals surface area (Å²) in [5, 5.41) is 8.38. The van der Waals surface area contributed by atoms with E-state index in [-0.39, 0.29) is 0 Å². The molecule has 0 fully saturated rings. The predicted molar refractivity (Wildman–Crippen MR) is 45.8 cm³/mol. The van der Waals surface area contributed by atoms with Crippen LogP contribution in [0.4, 0.5) is 0 Å². The monoisotopic (exact) mass is 143 g/mol. The highest BCUT2D eigenvalue weighted by Crippen LogP contribution is 1.99. The summed E-state index contributed by atoms with van der Waals surface area (Å²) >= 11 is 0. The van der Waals surface area contributed by atoms with Crippen LogP contribution < -0.4 is 0 Å².